The van der Waals surface area contributed by atoms with Crippen LogP contribution in [-0.4, -0.2) is 83.1 Å². The highest BCUT2D eigenvalue weighted by Crippen LogP contribution is 2.59. The summed E-state index contributed by atoms with van der Waals surface area (Å²) in [5, 5.41) is 0.695. The molecule has 8 rings (SSSR count). The summed E-state index contributed by atoms with van der Waals surface area (Å²) in [7, 11) is 0. The molecule has 0 spiro atoms. The maximum absolute atomic E-state index is 17.0. The molecule has 3 aliphatic heterocycles. The average molecular weight is 645 g/mol. The fourth-order valence-electron chi connectivity index (χ4n) is 8.66. The van der Waals surface area contributed by atoms with Gasteiger partial charge in [0.1, 0.15) is 24.0 Å². The molecule has 1 aromatic heterocycles. The Labute approximate surface area is 271 Å². The minimum Gasteiger partial charge on any atom is -0.461 e. The molecule has 1 amide bonds. The van der Waals surface area contributed by atoms with Crippen molar-refractivity contribution >= 4 is 34.2 Å². The second kappa shape index (κ2) is 11.2. The van der Waals surface area contributed by atoms with Gasteiger partial charge in [0.15, 0.2) is 11.6 Å². The zero-order valence-electron chi connectivity index (χ0n) is 25.6. The van der Waals surface area contributed by atoms with E-state index in [0.717, 1.165) is 57.2 Å². The van der Waals surface area contributed by atoms with Crippen LogP contribution in [0.25, 0.3) is 26.9 Å². The SMILES string of the molecule is [C-]#[N+]C[C@H]1CN(c2nc(OCC34CCCN3CCC4)nc3c(F)c(-c4cccc5c4C4CC4C5)c(Cl)cc23)CCN1C(=O)C(=C)F. The molecule has 4 heterocycles. The lowest BCUT2D eigenvalue weighted by atomic mass is 9.93. The van der Waals surface area contributed by atoms with Crippen LogP contribution < -0.4 is 9.64 Å². The van der Waals surface area contributed by atoms with Gasteiger partial charge >= 0.3 is 6.01 Å². The van der Waals surface area contributed by atoms with E-state index in [1.165, 1.54) is 16.0 Å². The second-order valence-corrected chi connectivity index (χ2v) is 13.9. The van der Waals surface area contributed by atoms with E-state index in [0.29, 0.717) is 35.2 Å². The van der Waals surface area contributed by atoms with E-state index in [9.17, 15) is 9.18 Å². The van der Waals surface area contributed by atoms with Crippen molar-refractivity contribution in [2.24, 2.45) is 5.92 Å². The fourth-order valence-corrected chi connectivity index (χ4v) is 8.95. The highest BCUT2D eigenvalue weighted by molar-refractivity contribution is 6.34. The number of hydrogen-bond acceptors (Lipinski definition) is 6. The monoisotopic (exact) mass is 644 g/mol. The number of ether oxygens (including phenoxy) is 1. The Balaban J connectivity index is 1.23. The first-order valence-electron chi connectivity index (χ1n) is 16.2. The van der Waals surface area contributed by atoms with Crippen LogP contribution in [0.3, 0.4) is 0 Å². The van der Waals surface area contributed by atoms with Gasteiger partial charge in [-0.15, -0.1) is 0 Å². The Bertz CT molecular complexity index is 1820. The number of anilines is 1. The Hall–Kier alpha value is -3.81. The average Bonchev–Trinajstić information content (AvgIpc) is 3.32. The molecule has 5 aliphatic rings. The topological polar surface area (TPSA) is 66.2 Å². The smallest absolute Gasteiger partial charge is 0.319 e. The normalized spacial score (nSPS) is 24.4. The van der Waals surface area contributed by atoms with Crippen LogP contribution in [0.4, 0.5) is 14.6 Å². The third-order valence-corrected chi connectivity index (χ3v) is 11.2. The lowest BCUT2D eigenvalue weighted by molar-refractivity contribution is -0.131. The third kappa shape index (κ3) is 4.73. The van der Waals surface area contributed by atoms with E-state index in [4.69, 9.17) is 27.9 Å². The van der Waals surface area contributed by atoms with Crippen LogP contribution in [0.1, 0.15) is 49.1 Å². The molecule has 1 saturated carbocycles. The number of benzene rings is 2. The molecule has 238 valence electrons. The number of rotatable bonds is 7. The molecule has 46 heavy (non-hydrogen) atoms. The third-order valence-electron chi connectivity index (χ3n) is 10.9. The number of nitrogens with zero attached hydrogens (tertiary/aromatic N) is 6. The molecule has 0 bridgehead atoms. The van der Waals surface area contributed by atoms with Crippen LogP contribution in [-0.2, 0) is 11.2 Å². The molecular weight excluding hydrogens is 610 g/mol. The Morgan fingerprint density at radius 1 is 1.20 bits per heavy atom. The van der Waals surface area contributed by atoms with Gasteiger partial charge in [-0.2, -0.15) is 9.97 Å². The lowest BCUT2D eigenvalue weighted by Crippen LogP contribution is -2.56. The Morgan fingerprint density at radius 3 is 2.76 bits per heavy atom. The number of hydrogen-bond donors (Lipinski definition) is 0. The number of halogens is 3. The highest BCUT2D eigenvalue weighted by atomic mass is 35.5. The minimum absolute atomic E-state index is 0.0270. The number of carbonyl (C=O) groups is 1. The maximum Gasteiger partial charge on any atom is 0.319 e. The van der Waals surface area contributed by atoms with Crippen molar-refractivity contribution in [3.63, 3.8) is 0 Å². The van der Waals surface area contributed by atoms with Gasteiger partial charge in [0.2, 0.25) is 6.54 Å². The van der Waals surface area contributed by atoms with Crippen LogP contribution in [0.2, 0.25) is 5.02 Å². The molecule has 2 aliphatic carbocycles. The maximum atomic E-state index is 17.0. The van der Waals surface area contributed by atoms with Gasteiger partial charge in [0, 0.05) is 30.6 Å². The van der Waals surface area contributed by atoms with Crippen molar-refractivity contribution in [2.75, 3.05) is 50.8 Å². The first kappa shape index (κ1) is 29.6. The fraction of sp³-hybridized carbons (Fsp3) is 0.486. The predicted molar refractivity (Wildman–Crippen MR) is 172 cm³/mol. The summed E-state index contributed by atoms with van der Waals surface area (Å²) in [5.74, 6) is -0.924. The Kier molecular flexibility index (Phi) is 7.18. The number of fused-ring (bicyclic) bond motifs is 5. The van der Waals surface area contributed by atoms with Crippen molar-refractivity contribution in [2.45, 2.75) is 56.0 Å². The highest BCUT2D eigenvalue weighted by Gasteiger charge is 2.47. The summed E-state index contributed by atoms with van der Waals surface area (Å²) in [6, 6.07) is 7.25. The number of carbonyl (C=O) groups excluding carboxylic acids is 1. The van der Waals surface area contributed by atoms with Crippen molar-refractivity contribution < 1.29 is 18.3 Å². The summed E-state index contributed by atoms with van der Waals surface area (Å²) in [5.41, 5.74) is 3.66. The molecular formula is C35H35ClF2N6O2. The van der Waals surface area contributed by atoms with Crippen molar-refractivity contribution in [3.05, 3.63) is 70.1 Å². The largest absolute Gasteiger partial charge is 0.461 e. The van der Waals surface area contributed by atoms with E-state index in [1.807, 2.05) is 17.0 Å². The molecule has 3 atom stereocenters. The van der Waals surface area contributed by atoms with Crippen LogP contribution in [0, 0.1) is 18.3 Å². The van der Waals surface area contributed by atoms with Gasteiger partial charge in [-0.3, -0.25) is 9.69 Å². The standard InChI is InChI=1S/C35H35ClF2N6O2/c1-20(37)33(45)44-13-12-42(18-23(44)17-39-2)32-26-16-27(36)29(24-7-3-6-21-14-22-15-25(22)28(21)24)30(38)31(26)40-34(41-32)46-19-35-8-4-10-43(35)11-5-9-35/h3,6-7,16,22-23,25H,1,4-5,8-15,17-19H2/t22?,23-,25?/m0/s1. The van der Waals surface area contributed by atoms with E-state index in [-0.39, 0.29) is 48.3 Å². The number of piperazine rings is 1. The molecule has 4 fully saturated rings. The van der Waals surface area contributed by atoms with E-state index >= 15 is 4.39 Å². The van der Waals surface area contributed by atoms with Crippen LogP contribution >= 0.6 is 11.6 Å². The van der Waals surface area contributed by atoms with Crippen LogP contribution in [0.15, 0.2) is 36.7 Å². The molecule has 8 nitrogen and oxygen atoms in total. The van der Waals surface area contributed by atoms with E-state index in [1.54, 1.807) is 6.07 Å². The van der Waals surface area contributed by atoms with Gasteiger partial charge in [0.05, 0.1) is 10.6 Å². The van der Waals surface area contributed by atoms with Crippen molar-refractivity contribution in [1.82, 2.24) is 19.8 Å². The second-order valence-electron chi connectivity index (χ2n) is 13.5. The van der Waals surface area contributed by atoms with Crippen molar-refractivity contribution in [1.29, 1.82) is 0 Å². The Morgan fingerprint density at radius 2 is 2.00 bits per heavy atom. The van der Waals surface area contributed by atoms with Gasteiger partial charge in [0.25, 0.3) is 5.91 Å². The summed E-state index contributed by atoms with van der Waals surface area (Å²) in [6.45, 7) is 13.7. The van der Waals surface area contributed by atoms with Crippen LogP contribution in [0.5, 0.6) is 6.01 Å². The zero-order valence-corrected chi connectivity index (χ0v) is 26.3. The van der Waals surface area contributed by atoms with Gasteiger partial charge < -0.3 is 19.4 Å². The van der Waals surface area contributed by atoms with Gasteiger partial charge in [-0.05, 0) is 86.2 Å². The number of aromatic nitrogens is 2. The molecule has 11 heteroatoms. The molecule has 0 radical (unpaired) electrons. The summed E-state index contributed by atoms with van der Waals surface area (Å²) in [6.07, 6.45) is 6.44. The van der Waals surface area contributed by atoms with Gasteiger partial charge in [-0.1, -0.05) is 36.4 Å². The van der Waals surface area contributed by atoms with E-state index in [2.05, 4.69) is 27.4 Å². The summed E-state index contributed by atoms with van der Waals surface area (Å²) in [4.78, 5) is 31.3. The van der Waals surface area contributed by atoms with Crippen molar-refractivity contribution in [3.8, 4) is 17.1 Å². The van der Waals surface area contributed by atoms with Gasteiger partial charge in [-0.25, -0.2) is 15.4 Å². The minimum atomic E-state index is -1.06. The molecule has 0 N–H and O–H groups in total. The predicted octanol–water partition coefficient (Wildman–Crippen LogP) is 6.18. The molecule has 2 unspecified atom stereocenters. The number of amides is 1. The molecule has 3 aromatic rings. The molecule has 3 saturated heterocycles. The first-order chi connectivity index (χ1) is 22.3. The summed E-state index contributed by atoms with van der Waals surface area (Å²) < 4.78 is 37.2. The molecule has 2 aromatic carbocycles. The lowest BCUT2D eigenvalue weighted by Gasteiger charge is -2.39. The quantitative estimate of drug-likeness (QED) is 0.226. The van der Waals surface area contributed by atoms with E-state index < -0.39 is 23.6 Å². The first-order valence-corrected chi connectivity index (χ1v) is 16.6. The zero-order chi connectivity index (χ0) is 31.7. The summed E-state index contributed by atoms with van der Waals surface area (Å²) >= 11 is 6.95.